The molecule has 1 N–H and O–H groups in total. The molecule has 3 rings (SSSR count). The van der Waals surface area contributed by atoms with Gasteiger partial charge in [0.2, 0.25) is 11.8 Å². The monoisotopic (exact) mass is 457 g/mol. The van der Waals surface area contributed by atoms with Crippen LogP contribution in [0.4, 0.5) is 0 Å². The van der Waals surface area contributed by atoms with Gasteiger partial charge < -0.3 is 14.5 Å². The third kappa shape index (κ3) is 7.08. The maximum atomic E-state index is 12.2. The Morgan fingerprint density at radius 1 is 1.31 bits per heavy atom. The SMILES string of the molecule is C[C@@H]1CCCC[C@H]1NC(=O)CSc1nnc(CCCOc2ccc(Cl)cc2Cl)o1. The summed E-state index contributed by atoms with van der Waals surface area (Å²) in [5, 5.41) is 12.6. The summed E-state index contributed by atoms with van der Waals surface area (Å²) in [7, 11) is 0. The van der Waals surface area contributed by atoms with Crippen LogP contribution in [-0.2, 0) is 11.2 Å². The average molecular weight is 458 g/mol. The second kappa shape index (κ2) is 11.1. The van der Waals surface area contributed by atoms with Crippen LogP contribution in [0.3, 0.4) is 0 Å². The number of thioether (sulfide) groups is 1. The van der Waals surface area contributed by atoms with E-state index in [9.17, 15) is 4.79 Å². The van der Waals surface area contributed by atoms with Gasteiger partial charge in [-0.15, -0.1) is 10.2 Å². The van der Waals surface area contributed by atoms with Crippen LogP contribution in [0.15, 0.2) is 27.8 Å². The molecule has 2 atom stereocenters. The van der Waals surface area contributed by atoms with Gasteiger partial charge in [0.1, 0.15) is 5.75 Å². The molecular formula is C20H25Cl2N3O3S. The molecule has 0 saturated heterocycles. The van der Waals surface area contributed by atoms with Crippen molar-refractivity contribution >= 4 is 40.9 Å². The first-order valence-corrected chi connectivity index (χ1v) is 11.6. The zero-order chi connectivity index (χ0) is 20.6. The fourth-order valence-electron chi connectivity index (χ4n) is 3.30. The van der Waals surface area contributed by atoms with Crippen LogP contribution in [0.1, 0.15) is 44.9 Å². The van der Waals surface area contributed by atoms with Gasteiger partial charge in [0.25, 0.3) is 5.22 Å². The van der Waals surface area contributed by atoms with E-state index < -0.39 is 0 Å². The van der Waals surface area contributed by atoms with Crippen LogP contribution in [0.25, 0.3) is 0 Å². The summed E-state index contributed by atoms with van der Waals surface area (Å²) in [6.45, 7) is 2.67. The molecular weight excluding hydrogens is 433 g/mol. The Labute approximate surface area is 185 Å². The fraction of sp³-hybridized carbons (Fsp3) is 0.550. The van der Waals surface area contributed by atoms with Gasteiger partial charge >= 0.3 is 0 Å². The highest BCUT2D eigenvalue weighted by atomic mass is 35.5. The van der Waals surface area contributed by atoms with Crippen LogP contribution in [0.5, 0.6) is 5.75 Å². The minimum Gasteiger partial charge on any atom is -0.492 e. The van der Waals surface area contributed by atoms with Crippen molar-refractivity contribution in [3.05, 3.63) is 34.1 Å². The van der Waals surface area contributed by atoms with E-state index in [4.69, 9.17) is 32.4 Å². The number of ether oxygens (including phenoxy) is 1. The number of nitrogens with one attached hydrogen (secondary N) is 1. The number of benzene rings is 1. The molecule has 2 aromatic rings. The molecule has 0 spiro atoms. The summed E-state index contributed by atoms with van der Waals surface area (Å²) in [5.41, 5.74) is 0. The maximum Gasteiger partial charge on any atom is 0.277 e. The fourth-order valence-corrected chi connectivity index (χ4v) is 4.36. The van der Waals surface area contributed by atoms with E-state index in [2.05, 4.69) is 22.4 Å². The number of carbonyl (C=O) groups is 1. The first kappa shape index (κ1) is 22.2. The third-order valence-corrected chi connectivity index (χ3v) is 6.27. The van der Waals surface area contributed by atoms with E-state index in [0.29, 0.717) is 52.3 Å². The molecule has 29 heavy (non-hydrogen) atoms. The molecule has 9 heteroatoms. The van der Waals surface area contributed by atoms with Gasteiger partial charge in [0.15, 0.2) is 0 Å². The van der Waals surface area contributed by atoms with E-state index in [0.717, 1.165) is 6.42 Å². The predicted molar refractivity (Wildman–Crippen MR) is 115 cm³/mol. The van der Waals surface area contributed by atoms with Crippen molar-refractivity contribution in [2.75, 3.05) is 12.4 Å². The highest BCUT2D eigenvalue weighted by molar-refractivity contribution is 7.99. The zero-order valence-corrected chi connectivity index (χ0v) is 18.7. The number of aryl methyl sites for hydroxylation is 1. The van der Waals surface area contributed by atoms with Gasteiger partial charge in [-0.25, -0.2) is 0 Å². The van der Waals surface area contributed by atoms with Crippen molar-refractivity contribution < 1.29 is 13.9 Å². The molecule has 158 valence electrons. The first-order chi connectivity index (χ1) is 14.0. The lowest BCUT2D eigenvalue weighted by Gasteiger charge is -2.29. The highest BCUT2D eigenvalue weighted by Gasteiger charge is 2.23. The first-order valence-electron chi connectivity index (χ1n) is 9.83. The Hall–Kier alpha value is -1.44. The van der Waals surface area contributed by atoms with Gasteiger partial charge in [0.05, 0.1) is 17.4 Å². The number of aromatic nitrogens is 2. The number of hydrogen-bond acceptors (Lipinski definition) is 6. The highest BCUT2D eigenvalue weighted by Crippen LogP contribution is 2.28. The van der Waals surface area contributed by atoms with Crippen molar-refractivity contribution in [2.45, 2.75) is 56.7 Å². The summed E-state index contributed by atoms with van der Waals surface area (Å²) in [4.78, 5) is 12.2. The number of nitrogens with zero attached hydrogens (tertiary/aromatic N) is 2. The molecule has 1 aliphatic carbocycles. The van der Waals surface area contributed by atoms with Gasteiger partial charge in [-0.1, -0.05) is 54.7 Å². The molecule has 1 fully saturated rings. The average Bonchev–Trinajstić information content (AvgIpc) is 3.15. The van der Waals surface area contributed by atoms with E-state index in [1.807, 2.05) is 0 Å². The summed E-state index contributed by atoms with van der Waals surface area (Å²) in [6.07, 6.45) is 5.97. The molecule has 1 aromatic heterocycles. The Bertz CT molecular complexity index is 818. The summed E-state index contributed by atoms with van der Waals surface area (Å²) >= 11 is 13.2. The quantitative estimate of drug-likeness (QED) is 0.413. The number of amides is 1. The number of rotatable bonds is 9. The minimum atomic E-state index is 0.0155. The van der Waals surface area contributed by atoms with Crippen LogP contribution in [0.2, 0.25) is 10.0 Å². The number of hydrogen-bond donors (Lipinski definition) is 1. The van der Waals surface area contributed by atoms with Crippen molar-refractivity contribution in [2.24, 2.45) is 5.92 Å². The molecule has 1 aliphatic rings. The van der Waals surface area contributed by atoms with E-state index in [-0.39, 0.29) is 17.7 Å². The standard InChI is InChI=1S/C20H25Cl2N3O3S/c1-13-5-2-3-6-16(13)23-18(26)12-29-20-25-24-19(28-20)7-4-10-27-17-9-8-14(21)11-15(17)22/h8-9,11,13,16H,2-7,10,12H2,1H3,(H,23,26)/t13-,16-/m1/s1. The molecule has 0 radical (unpaired) electrons. The molecule has 0 unspecified atom stereocenters. The third-order valence-electron chi connectivity index (χ3n) is 4.92. The van der Waals surface area contributed by atoms with E-state index >= 15 is 0 Å². The number of halogens is 2. The second-order valence-corrected chi connectivity index (χ2v) is 8.98. The van der Waals surface area contributed by atoms with E-state index in [1.165, 1.54) is 31.0 Å². The van der Waals surface area contributed by atoms with Crippen LogP contribution in [-0.4, -0.2) is 34.5 Å². The van der Waals surface area contributed by atoms with Gasteiger partial charge in [-0.3, -0.25) is 4.79 Å². The van der Waals surface area contributed by atoms with Gasteiger partial charge in [-0.2, -0.15) is 0 Å². The van der Waals surface area contributed by atoms with Gasteiger partial charge in [-0.05, 0) is 43.4 Å². The Morgan fingerprint density at radius 3 is 2.93 bits per heavy atom. The lowest BCUT2D eigenvalue weighted by atomic mass is 9.86. The summed E-state index contributed by atoms with van der Waals surface area (Å²) in [5.74, 6) is 1.96. The Morgan fingerprint density at radius 2 is 2.14 bits per heavy atom. The number of carbonyl (C=O) groups excluding carboxylic acids is 1. The van der Waals surface area contributed by atoms with Crippen molar-refractivity contribution in [1.29, 1.82) is 0 Å². The molecule has 0 bridgehead atoms. The van der Waals surface area contributed by atoms with E-state index in [1.54, 1.807) is 18.2 Å². The molecule has 6 nitrogen and oxygen atoms in total. The molecule has 1 heterocycles. The summed E-state index contributed by atoms with van der Waals surface area (Å²) < 4.78 is 11.2. The van der Waals surface area contributed by atoms with Crippen molar-refractivity contribution in [1.82, 2.24) is 15.5 Å². The second-order valence-electron chi connectivity index (χ2n) is 7.21. The molecule has 0 aliphatic heterocycles. The van der Waals surface area contributed by atoms with Crippen LogP contribution >= 0.6 is 35.0 Å². The lowest BCUT2D eigenvalue weighted by molar-refractivity contribution is -0.119. The maximum absolute atomic E-state index is 12.2. The zero-order valence-electron chi connectivity index (χ0n) is 16.3. The normalized spacial score (nSPS) is 19.1. The Kier molecular flexibility index (Phi) is 8.51. The van der Waals surface area contributed by atoms with Crippen LogP contribution < -0.4 is 10.1 Å². The smallest absolute Gasteiger partial charge is 0.277 e. The minimum absolute atomic E-state index is 0.0155. The molecule has 1 saturated carbocycles. The predicted octanol–water partition coefficient (Wildman–Crippen LogP) is 5.18. The molecule has 1 aromatic carbocycles. The van der Waals surface area contributed by atoms with Crippen molar-refractivity contribution in [3.63, 3.8) is 0 Å². The molecule has 1 amide bonds. The van der Waals surface area contributed by atoms with Crippen molar-refractivity contribution in [3.8, 4) is 5.75 Å². The van der Waals surface area contributed by atoms with Gasteiger partial charge in [0, 0.05) is 17.5 Å². The largest absolute Gasteiger partial charge is 0.492 e. The van der Waals surface area contributed by atoms with Crippen LogP contribution in [0, 0.1) is 5.92 Å². The lowest BCUT2D eigenvalue weighted by Crippen LogP contribution is -2.41. The topological polar surface area (TPSA) is 77.2 Å². The Balaban J connectivity index is 1.35. The summed E-state index contributed by atoms with van der Waals surface area (Å²) in [6, 6.07) is 5.40.